The van der Waals surface area contributed by atoms with Gasteiger partial charge in [0.1, 0.15) is 11.6 Å². The molecule has 0 heterocycles. The van der Waals surface area contributed by atoms with Crippen molar-refractivity contribution in [2.45, 2.75) is 51.9 Å². The zero-order chi connectivity index (χ0) is 24.0. The summed E-state index contributed by atoms with van der Waals surface area (Å²) in [4.78, 5) is 0. The molecule has 0 spiro atoms. The molecule has 0 bridgehead atoms. The molecule has 3 rings (SSSR count). The zero-order valence-electron chi connectivity index (χ0n) is 19.8. The molecule has 0 aliphatic rings. The van der Waals surface area contributed by atoms with Gasteiger partial charge in [-0.25, -0.2) is 4.39 Å². The molecule has 0 aliphatic carbocycles. The Hall–Kier alpha value is -2.73. The summed E-state index contributed by atoms with van der Waals surface area (Å²) in [6, 6.07) is 20.3. The number of aliphatic hydroxyl groups is 1. The Bertz CT molecular complexity index is 1070. The third-order valence-corrected chi connectivity index (χ3v) is 5.79. The molecule has 0 saturated carbocycles. The van der Waals surface area contributed by atoms with E-state index >= 15 is 0 Å². The van der Waals surface area contributed by atoms with Crippen LogP contribution in [-0.2, 0) is 11.2 Å². The lowest BCUT2D eigenvalue weighted by Gasteiger charge is -2.28. The van der Waals surface area contributed by atoms with E-state index in [4.69, 9.17) is 4.74 Å². The molecule has 1 unspecified atom stereocenters. The molecule has 0 amide bonds. The van der Waals surface area contributed by atoms with Crippen molar-refractivity contribution >= 4 is 0 Å². The first-order valence-corrected chi connectivity index (χ1v) is 11.3. The van der Waals surface area contributed by atoms with Crippen molar-refractivity contribution in [3.63, 3.8) is 0 Å². The number of aryl methyl sites for hydroxylation is 1. The Morgan fingerprint density at radius 1 is 1.03 bits per heavy atom. The molecule has 33 heavy (non-hydrogen) atoms. The lowest BCUT2D eigenvalue weighted by atomic mass is 9.94. The van der Waals surface area contributed by atoms with E-state index in [9.17, 15) is 14.6 Å². The number of nitrogens with one attached hydrogen (secondary N) is 1. The van der Waals surface area contributed by atoms with E-state index in [2.05, 4.69) is 5.32 Å². The molecule has 0 saturated heterocycles. The molecular formula is C28H34FNO3. The van der Waals surface area contributed by atoms with E-state index in [1.54, 1.807) is 31.2 Å². The van der Waals surface area contributed by atoms with Crippen molar-refractivity contribution < 1.29 is 19.3 Å². The van der Waals surface area contributed by atoms with Gasteiger partial charge in [-0.05, 0) is 80.1 Å². The maximum absolute atomic E-state index is 13.9. The number of β-amino-alcohol motifs (C(OH)–C–C–N with tert-alkyl or cyclic N) is 1. The number of phenolic OH excluding ortho intramolecular Hbond substituents is 1. The van der Waals surface area contributed by atoms with Gasteiger partial charge < -0.3 is 20.3 Å². The van der Waals surface area contributed by atoms with E-state index < -0.39 is 6.10 Å². The summed E-state index contributed by atoms with van der Waals surface area (Å²) < 4.78 is 19.8. The molecule has 3 N–H and O–H groups in total. The number of aromatic hydroxyl groups is 1. The van der Waals surface area contributed by atoms with Crippen molar-refractivity contribution in [1.82, 2.24) is 5.32 Å². The maximum atomic E-state index is 13.9. The smallest absolute Gasteiger partial charge is 0.126 e. The van der Waals surface area contributed by atoms with E-state index in [0.29, 0.717) is 18.5 Å². The molecule has 3 aromatic carbocycles. The average Bonchev–Trinajstić information content (AvgIpc) is 2.78. The summed E-state index contributed by atoms with van der Waals surface area (Å²) in [6.07, 6.45) is -0.276. The number of hydrogen-bond donors (Lipinski definition) is 3. The Morgan fingerprint density at radius 2 is 1.79 bits per heavy atom. The van der Waals surface area contributed by atoms with Gasteiger partial charge in [-0.1, -0.05) is 48.5 Å². The predicted octanol–water partition coefficient (Wildman–Crippen LogP) is 5.56. The summed E-state index contributed by atoms with van der Waals surface area (Å²) in [5.74, 6) is 0.0186. The van der Waals surface area contributed by atoms with Crippen LogP contribution in [0.1, 0.15) is 43.6 Å². The van der Waals surface area contributed by atoms with Crippen LogP contribution in [-0.4, -0.2) is 35.0 Å². The fourth-order valence-electron chi connectivity index (χ4n) is 3.91. The highest BCUT2D eigenvalue weighted by atomic mass is 19.1. The van der Waals surface area contributed by atoms with E-state index in [1.165, 1.54) is 0 Å². The highest BCUT2D eigenvalue weighted by Crippen LogP contribution is 2.31. The second-order valence-corrected chi connectivity index (χ2v) is 9.29. The molecule has 176 valence electrons. The summed E-state index contributed by atoms with van der Waals surface area (Å²) in [5, 5.41) is 23.7. The Morgan fingerprint density at radius 3 is 2.52 bits per heavy atom. The van der Waals surface area contributed by atoms with Crippen LogP contribution >= 0.6 is 0 Å². The Kier molecular flexibility index (Phi) is 8.25. The number of rotatable bonds is 10. The molecule has 2 atom stereocenters. The fraction of sp³-hybridized carbons (Fsp3) is 0.357. The molecule has 3 aromatic rings. The highest BCUT2D eigenvalue weighted by Gasteiger charge is 2.21. The minimum atomic E-state index is -0.686. The summed E-state index contributed by atoms with van der Waals surface area (Å²) >= 11 is 0. The van der Waals surface area contributed by atoms with Gasteiger partial charge in [0.25, 0.3) is 0 Å². The second-order valence-electron chi connectivity index (χ2n) is 9.29. The van der Waals surface area contributed by atoms with Crippen molar-refractivity contribution in [2.24, 2.45) is 0 Å². The van der Waals surface area contributed by atoms with Crippen LogP contribution in [0.15, 0.2) is 66.7 Å². The van der Waals surface area contributed by atoms with Gasteiger partial charge in [-0.2, -0.15) is 0 Å². The molecule has 0 radical (unpaired) electrons. The first-order valence-electron chi connectivity index (χ1n) is 11.3. The molecular weight excluding hydrogens is 417 g/mol. The van der Waals surface area contributed by atoms with Gasteiger partial charge in [0.15, 0.2) is 0 Å². The molecule has 4 nitrogen and oxygen atoms in total. The average molecular weight is 452 g/mol. The van der Waals surface area contributed by atoms with Crippen LogP contribution in [0.2, 0.25) is 0 Å². The number of aliphatic hydroxyl groups excluding tert-OH is 1. The Labute approximate surface area is 196 Å². The topological polar surface area (TPSA) is 61.7 Å². The van der Waals surface area contributed by atoms with Crippen LogP contribution in [0.5, 0.6) is 5.75 Å². The van der Waals surface area contributed by atoms with Crippen molar-refractivity contribution in [1.29, 1.82) is 0 Å². The highest BCUT2D eigenvalue weighted by molar-refractivity contribution is 5.69. The van der Waals surface area contributed by atoms with Crippen LogP contribution < -0.4 is 5.32 Å². The van der Waals surface area contributed by atoms with Gasteiger partial charge in [0, 0.05) is 12.1 Å². The van der Waals surface area contributed by atoms with Gasteiger partial charge in [0.05, 0.1) is 18.8 Å². The van der Waals surface area contributed by atoms with Crippen LogP contribution in [0.25, 0.3) is 11.1 Å². The largest absolute Gasteiger partial charge is 0.508 e. The molecule has 0 aliphatic heterocycles. The first-order chi connectivity index (χ1) is 15.6. The molecule has 0 fully saturated rings. The predicted molar refractivity (Wildman–Crippen MR) is 131 cm³/mol. The van der Waals surface area contributed by atoms with Crippen LogP contribution in [0.4, 0.5) is 4.39 Å². The standard InChI is InChI=1S/C28H34FNO3/c1-19-12-13-21(14-27(19)29)16-28(3,4)30-17-24(32)18-33-20(2)25-10-5-6-11-26(25)22-8-7-9-23(31)15-22/h5-15,20,24,30-32H,16-18H2,1-4H3/t20?,24-/m1/s1. The third-order valence-electron chi connectivity index (χ3n) is 5.79. The molecule has 5 heteroatoms. The first kappa shape index (κ1) is 24.9. The summed E-state index contributed by atoms with van der Waals surface area (Å²) in [7, 11) is 0. The van der Waals surface area contributed by atoms with Gasteiger partial charge >= 0.3 is 0 Å². The number of benzene rings is 3. The van der Waals surface area contributed by atoms with E-state index in [0.717, 1.165) is 22.3 Å². The Balaban J connectivity index is 1.54. The van der Waals surface area contributed by atoms with E-state index in [1.807, 2.05) is 63.2 Å². The quantitative estimate of drug-likeness (QED) is 0.378. The number of hydrogen-bond acceptors (Lipinski definition) is 4. The van der Waals surface area contributed by atoms with E-state index in [-0.39, 0.29) is 29.8 Å². The third kappa shape index (κ3) is 7.13. The van der Waals surface area contributed by atoms with Crippen LogP contribution in [0.3, 0.4) is 0 Å². The number of ether oxygens (including phenoxy) is 1. The number of phenols is 1. The van der Waals surface area contributed by atoms with Crippen molar-refractivity contribution in [3.8, 4) is 16.9 Å². The minimum Gasteiger partial charge on any atom is -0.508 e. The lowest BCUT2D eigenvalue weighted by molar-refractivity contribution is -0.00397. The van der Waals surface area contributed by atoms with Gasteiger partial charge in [-0.15, -0.1) is 0 Å². The van der Waals surface area contributed by atoms with Crippen LogP contribution in [0, 0.1) is 12.7 Å². The molecule has 0 aromatic heterocycles. The van der Waals surface area contributed by atoms with Gasteiger partial charge in [-0.3, -0.25) is 0 Å². The normalized spacial score (nSPS) is 13.6. The minimum absolute atomic E-state index is 0.178. The maximum Gasteiger partial charge on any atom is 0.126 e. The number of halogens is 1. The van der Waals surface area contributed by atoms with Gasteiger partial charge in [0.2, 0.25) is 0 Å². The fourth-order valence-corrected chi connectivity index (χ4v) is 3.91. The van der Waals surface area contributed by atoms with Crippen molar-refractivity contribution in [3.05, 3.63) is 89.2 Å². The SMILES string of the molecule is Cc1ccc(CC(C)(C)NC[C@@H](O)COC(C)c2ccccc2-c2cccc(O)c2)cc1F. The summed E-state index contributed by atoms with van der Waals surface area (Å²) in [5.41, 5.74) is 4.13. The summed E-state index contributed by atoms with van der Waals surface area (Å²) in [6.45, 7) is 8.32. The monoisotopic (exact) mass is 451 g/mol. The van der Waals surface area contributed by atoms with Crippen molar-refractivity contribution in [2.75, 3.05) is 13.2 Å². The lowest BCUT2D eigenvalue weighted by Crippen LogP contribution is -2.46. The second kappa shape index (κ2) is 10.9. The zero-order valence-corrected chi connectivity index (χ0v) is 19.8.